The van der Waals surface area contributed by atoms with Gasteiger partial charge in [-0.15, -0.1) is 0 Å². The molecular formula is C14H23N3. The summed E-state index contributed by atoms with van der Waals surface area (Å²) >= 11 is 0. The maximum absolute atomic E-state index is 3.46. The first kappa shape index (κ1) is 12.4. The number of para-hydroxylation sites is 1. The van der Waals surface area contributed by atoms with Gasteiger partial charge in [0.2, 0.25) is 0 Å². The zero-order chi connectivity index (χ0) is 11.9. The van der Waals surface area contributed by atoms with Crippen LogP contribution in [0.2, 0.25) is 0 Å². The summed E-state index contributed by atoms with van der Waals surface area (Å²) in [6.07, 6.45) is 2.56. The van der Waals surface area contributed by atoms with E-state index in [-0.39, 0.29) is 0 Å². The van der Waals surface area contributed by atoms with Gasteiger partial charge in [-0.05, 0) is 45.1 Å². The van der Waals surface area contributed by atoms with Crippen LogP contribution in [0, 0.1) is 0 Å². The fraction of sp³-hybridized carbons (Fsp3) is 0.571. The van der Waals surface area contributed by atoms with Crippen molar-refractivity contribution >= 4 is 5.69 Å². The second-order valence-corrected chi connectivity index (χ2v) is 4.70. The maximum atomic E-state index is 3.46. The predicted octanol–water partition coefficient (Wildman–Crippen LogP) is 1.78. The minimum atomic E-state index is 0.730. The van der Waals surface area contributed by atoms with Crippen LogP contribution in [0.1, 0.15) is 12.8 Å². The van der Waals surface area contributed by atoms with Crippen LogP contribution in [0.3, 0.4) is 0 Å². The molecule has 0 unspecified atom stereocenters. The Balaban J connectivity index is 1.63. The Labute approximate surface area is 104 Å². The van der Waals surface area contributed by atoms with Gasteiger partial charge in [0.1, 0.15) is 0 Å². The number of likely N-dealkylation sites (tertiary alicyclic amines) is 1. The molecule has 1 aromatic carbocycles. The molecule has 1 saturated heterocycles. The van der Waals surface area contributed by atoms with E-state index in [1.165, 1.54) is 31.6 Å². The topological polar surface area (TPSA) is 27.3 Å². The molecule has 1 fully saturated rings. The molecule has 0 amide bonds. The van der Waals surface area contributed by atoms with Crippen LogP contribution in [0.4, 0.5) is 5.69 Å². The number of piperidine rings is 1. The van der Waals surface area contributed by atoms with E-state index in [9.17, 15) is 0 Å². The van der Waals surface area contributed by atoms with E-state index in [0.717, 1.165) is 19.1 Å². The zero-order valence-electron chi connectivity index (χ0n) is 10.7. The van der Waals surface area contributed by atoms with Gasteiger partial charge >= 0.3 is 0 Å². The van der Waals surface area contributed by atoms with Gasteiger partial charge in [0.05, 0.1) is 0 Å². The number of nitrogens with zero attached hydrogens (tertiary/aromatic N) is 1. The molecule has 1 aromatic rings. The highest BCUT2D eigenvalue weighted by Gasteiger charge is 2.16. The SMILES string of the molecule is CNC1CCN(CCNc2ccccc2)CC1. The van der Waals surface area contributed by atoms with Gasteiger partial charge in [-0.2, -0.15) is 0 Å². The van der Waals surface area contributed by atoms with Crippen LogP contribution in [-0.2, 0) is 0 Å². The second-order valence-electron chi connectivity index (χ2n) is 4.70. The van der Waals surface area contributed by atoms with Gasteiger partial charge in [0.25, 0.3) is 0 Å². The predicted molar refractivity (Wildman–Crippen MR) is 73.5 cm³/mol. The first-order chi connectivity index (χ1) is 8.38. The summed E-state index contributed by atoms with van der Waals surface area (Å²) in [4.78, 5) is 2.55. The summed E-state index contributed by atoms with van der Waals surface area (Å²) in [6.45, 7) is 4.63. The third kappa shape index (κ3) is 4.02. The number of rotatable bonds is 5. The van der Waals surface area contributed by atoms with Crippen molar-refractivity contribution in [3.63, 3.8) is 0 Å². The summed E-state index contributed by atoms with van der Waals surface area (Å²) in [7, 11) is 2.07. The first-order valence-corrected chi connectivity index (χ1v) is 6.57. The van der Waals surface area contributed by atoms with Gasteiger partial charge in [0.15, 0.2) is 0 Å². The maximum Gasteiger partial charge on any atom is 0.0340 e. The summed E-state index contributed by atoms with van der Waals surface area (Å²) in [6, 6.07) is 11.2. The van der Waals surface area contributed by atoms with E-state index < -0.39 is 0 Å². The molecule has 0 radical (unpaired) electrons. The van der Waals surface area contributed by atoms with E-state index >= 15 is 0 Å². The number of anilines is 1. The molecular weight excluding hydrogens is 210 g/mol. The largest absolute Gasteiger partial charge is 0.384 e. The number of hydrogen-bond acceptors (Lipinski definition) is 3. The van der Waals surface area contributed by atoms with E-state index in [2.05, 4.69) is 46.8 Å². The third-order valence-corrected chi connectivity index (χ3v) is 3.53. The van der Waals surface area contributed by atoms with E-state index in [4.69, 9.17) is 0 Å². The lowest BCUT2D eigenvalue weighted by Crippen LogP contribution is -2.42. The summed E-state index contributed by atoms with van der Waals surface area (Å²) in [5, 5.41) is 6.82. The molecule has 2 N–H and O–H groups in total. The van der Waals surface area contributed by atoms with Crippen molar-refractivity contribution in [2.45, 2.75) is 18.9 Å². The average molecular weight is 233 g/mol. The first-order valence-electron chi connectivity index (χ1n) is 6.57. The highest BCUT2D eigenvalue weighted by atomic mass is 15.2. The standard InChI is InChI=1S/C14H23N3/c1-15-13-7-10-17(11-8-13)12-9-16-14-5-3-2-4-6-14/h2-6,13,15-16H,7-12H2,1H3. The van der Waals surface area contributed by atoms with Gasteiger partial charge in [0, 0.05) is 24.8 Å². The van der Waals surface area contributed by atoms with Crippen molar-refractivity contribution < 1.29 is 0 Å². The zero-order valence-corrected chi connectivity index (χ0v) is 10.7. The Hall–Kier alpha value is -1.06. The molecule has 1 aliphatic rings. The monoisotopic (exact) mass is 233 g/mol. The third-order valence-electron chi connectivity index (χ3n) is 3.53. The average Bonchev–Trinajstić information content (AvgIpc) is 2.41. The Bertz CT molecular complexity index is 305. The van der Waals surface area contributed by atoms with Crippen molar-refractivity contribution in [3.8, 4) is 0 Å². The molecule has 0 aliphatic carbocycles. The minimum Gasteiger partial charge on any atom is -0.384 e. The second kappa shape index (κ2) is 6.62. The van der Waals surface area contributed by atoms with Crippen LogP contribution in [0.15, 0.2) is 30.3 Å². The fourth-order valence-corrected chi connectivity index (χ4v) is 2.36. The Morgan fingerprint density at radius 2 is 1.88 bits per heavy atom. The molecule has 0 atom stereocenters. The van der Waals surface area contributed by atoms with Crippen molar-refractivity contribution in [3.05, 3.63) is 30.3 Å². The molecule has 17 heavy (non-hydrogen) atoms. The Morgan fingerprint density at radius 1 is 1.18 bits per heavy atom. The molecule has 2 rings (SSSR count). The lowest BCUT2D eigenvalue weighted by atomic mass is 10.1. The van der Waals surface area contributed by atoms with Crippen LogP contribution in [0.25, 0.3) is 0 Å². The summed E-state index contributed by atoms with van der Waals surface area (Å²) in [5.41, 5.74) is 1.22. The fourth-order valence-electron chi connectivity index (χ4n) is 2.36. The normalized spacial score (nSPS) is 18.2. The Morgan fingerprint density at radius 3 is 2.53 bits per heavy atom. The quantitative estimate of drug-likeness (QED) is 0.812. The highest BCUT2D eigenvalue weighted by molar-refractivity contribution is 5.42. The van der Waals surface area contributed by atoms with Gasteiger partial charge < -0.3 is 15.5 Å². The van der Waals surface area contributed by atoms with E-state index in [0.29, 0.717) is 0 Å². The number of hydrogen-bond donors (Lipinski definition) is 2. The lowest BCUT2D eigenvalue weighted by molar-refractivity contribution is 0.208. The summed E-state index contributed by atoms with van der Waals surface area (Å²) < 4.78 is 0. The van der Waals surface area contributed by atoms with E-state index in [1.54, 1.807) is 0 Å². The molecule has 0 saturated carbocycles. The molecule has 0 spiro atoms. The molecule has 0 bridgehead atoms. The van der Waals surface area contributed by atoms with Crippen LogP contribution < -0.4 is 10.6 Å². The number of benzene rings is 1. The molecule has 1 heterocycles. The van der Waals surface area contributed by atoms with E-state index in [1.807, 2.05) is 6.07 Å². The molecule has 94 valence electrons. The van der Waals surface area contributed by atoms with Crippen LogP contribution >= 0.6 is 0 Å². The van der Waals surface area contributed by atoms with Crippen molar-refractivity contribution in [2.75, 3.05) is 38.5 Å². The van der Waals surface area contributed by atoms with Crippen molar-refractivity contribution in [1.82, 2.24) is 10.2 Å². The molecule has 3 nitrogen and oxygen atoms in total. The molecule has 1 aliphatic heterocycles. The number of nitrogens with one attached hydrogen (secondary N) is 2. The lowest BCUT2D eigenvalue weighted by Gasteiger charge is -2.31. The minimum absolute atomic E-state index is 0.730. The molecule has 3 heteroatoms. The van der Waals surface area contributed by atoms with Gasteiger partial charge in [-0.25, -0.2) is 0 Å². The van der Waals surface area contributed by atoms with Gasteiger partial charge in [-0.1, -0.05) is 18.2 Å². The molecule has 0 aromatic heterocycles. The van der Waals surface area contributed by atoms with Crippen LogP contribution in [0.5, 0.6) is 0 Å². The smallest absolute Gasteiger partial charge is 0.0340 e. The van der Waals surface area contributed by atoms with Gasteiger partial charge in [-0.3, -0.25) is 0 Å². The highest BCUT2D eigenvalue weighted by Crippen LogP contribution is 2.09. The Kier molecular flexibility index (Phi) is 4.83. The van der Waals surface area contributed by atoms with Crippen molar-refractivity contribution in [2.24, 2.45) is 0 Å². The summed E-state index contributed by atoms with van der Waals surface area (Å²) in [5.74, 6) is 0. The van der Waals surface area contributed by atoms with Crippen LogP contribution in [-0.4, -0.2) is 44.2 Å². The van der Waals surface area contributed by atoms with Crippen molar-refractivity contribution in [1.29, 1.82) is 0 Å².